The van der Waals surface area contributed by atoms with Crippen LogP contribution in [0.1, 0.15) is 33.6 Å². The number of anilines is 1. The van der Waals surface area contributed by atoms with E-state index in [0.29, 0.717) is 13.1 Å². The average Bonchev–Trinajstić information content (AvgIpc) is 3.20. The maximum absolute atomic E-state index is 13.3. The SMILES string of the molecule is CC(C)(C)OC(=O)N1CC2CC[C@@H](C1)[C@@H]2Nc1nc2c(OCC(F)(F)C(F)(F)F)cccn2n1. The Morgan fingerprint density at radius 2 is 1.79 bits per heavy atom. The van der Waals surface area contributed by atoms with Crippen molar-refractivity contribution in [3.63, 3.8) is 0 Å². The van der Waals surface area contributed by atoms with Crippen LogP contribution in [-0.2, 0) is 4.74 Å². The number of likely N-dealkylation sites (tertiary alicyclic amines) is 1. The number of nitrogens with zero attached hydrogens (tertiary/aromatic N) is 4. The fourth-order valence-corrected chi connectivity index (χ4v) is 4.39. The summed E-state index contributed by atoms with van der Waals surface area (Å²) in [5.41, 5.74) is -0.572. The van der Waals surface area contributed by atoms with Gasteiger partial charge in [-0.1, -0.05) is 0 Å². The first-order chi connectivity index (χ1) is 15.7. The zero-order valence-corrected chi connectivity index (χ0v) is 18.9. The quantitative estimate of drug-likeness (QED) is 0.626. The third-order valence-corrected chi connectivity index (χ3v) is 5.93. The van der Waals surface area contributed by atoms with Gasteiger partial charge in [0.15, 0.2) is 18.0 Å². The average molecular weight is 491 g/mol. The van der Waals surface area contributed by atoms with Crippen LogP contribution in [0.2, 0.25) is 0 Å². The van der Waals surface area contributed by atoms with Crippen molar-refractivity contribution in [1.82, 2.24) is 19.5 Å². The van der Waals surface area contributed by atoms with Crippen LogP contribution in [-0.4, -0.2) is 69.0 Å². The molecule has 1 N–H and O–H groups in total. The van der Waals surface area contributed by atoms with Crippen LogP contribution in [0.4, 0.5) is 32.7 Å². The van der Waals surface area contributed by atoms with Crippen LogP contribution in [0, 0.1) is 11.8 Å². The van der Waals surface area contributed by atoms with E-state index in [2.05, 4.69) is 15.4 Å². The van der Waals surface area contributed by atoms with E-state index in [0.717, 1.165) is 12.8 Å². The molecule has 1 aliphatic heterocycles. The smallest absolute Gasteiger partial charge is 0.456 e. The van der Waals surface area contributed by atoms with Crippen molar-refractivity contribution < 1.29 is 36.2 Å². The Kier molecular flexibility index (Phi) is 6.01. The molecule has 2 aliphatic rings. The Labute approximate surface area is 192 Å². The first-order valence-corrected chi connectivity index (χ1v) is 10.9. The number of halogens is 5. The molecule has 3 atom stereocenters. The number of aromatic nitrogens is 3. The number of hydrogen-bond donors (Lipinski definition) is 1. The largest absolute Gasteiger partial charge is 0.483 e. The minimum atomic E-state index is -5.72. The summed E-state index contributed by atoms with van der Waals surface area (Å²) < 4.78 is 75.4. The molecule has 1 saturated heterocycles. The Balaban J connectivity index is 1.45. The van der Waals surface area contributed by atoms with E-state index in [1.54, 1.807) is 4.90 Å². The molecule has 2 fully saturated rings. The molecule has 1 unspecified atom stereocenters. The minimum Gasteiger partial charge on any atom is -0.483 e. The molecular weight excluding hydrogens is 465 g/mol. The van der Waals surface area contributed by atoms with Crippen molar-refractivity contribution in [2.75, 3.05) is 25.0 Å². The van der Waals surface area contributed by atoms with Crippen molar-refractivity contribution in [3.05, 3.63) is 18.3 Å². The molecule has 0 spiro atoms. The van der Waals surface area contributed by atoms with Crippen molar-refractivity contribution in [2.45, 2.75) is 57.4 Å². The van der Waals surface area contributed by atoms with Gasteiger partial charge in [0.2, 0.25) is 5.95 Å². The van der Waals surface area contributed by atoms with E-state index in [9.17, 15) is 26.7 Å². The summed E-state index contributed by atoms with van der Waals surface area (Å²) in [6.07, 6.45) is -2.79. The molecule has 0 aromatic carbocycles. The minimum absolute atomic E-state index is 0.0153. The Morgan fingerprint density at radius 3 is 2.38 bits per heavy atom. The fraction of sp³-hybridized carbons (Fsp3) is 0.667. The molecule has 3 heterocycles. The summed E-state index contributed by atoms with van der Waals surface area (Å²) in [4.78, 5) is 18.4. The zero-order chi connectivity index (χ0) is 24.9. The molecule has 1 aliphatic carbocycles. The lowest BCUT2D eigenvalue weighted by molar-refractivity contribution is -0.289. The third kappa shape index (κ3) is 4.97. The summed E-state index contributed by atoms with van der Waals surface area (Å²) in [5, 5.41) is 7.52. The van der Waals surface area contributed by atoms with Gasteiger partial charge in [-0.25, -0.2) is 9.31 Å². The Morgan fingerprint density at radius 1 is 1.15 bits per heavy atom. The van der Waals surface area contributed by atoms with Crippen LogP contribution in [0.3, 0.4) is 0 Å². The van der Waals surface area contributed by atoms with Crippen LogP contribution in [0.5, 0.6) is 5.75 Å². The van der Waals surface area contributed by atoms with Crippen molar-refractivity contribution in [3.8, 4) is 5.75 Å². The number of piperidine rings is 1. The summed E-state index contributed by atoms with van der Waals surface area (Å²) in [5.74, 6) is -4.76. The summed E-state index contributed by atoms with van der Waals surface area (Å²) >= 11 is 0. The molecule has 1 amide bonds. The lowest BCUT2D eigenvalue weighted by atomic mass is 9.92. The van der Waals surface area contributed by atoms with E-state index < -0.39 is 24.3 Å². The highest BCUT2D eigenvalue weighted by molar-refractivity contribution is 5.68. The van der Waals surface area contributed by atoms with Crippen LogP contribution < -0.4 is 10.1 Å². The van der Waals surface area contributed by atoms with Crippen LogP contribution >= 0.6 is 0 Å². The molecule has 0 radical (unpaired) electrons. The van der Waals surface area contributed by atoms with E-state index >= 15 is 0 Å². The molecule has 2 aromatic heterocycles. The van der Waals surface area contributed by atoms with E-state index in [1.165, 1.54) is 22.8 Å². The van der Waals surface area contributed by atoms with Gasteiger partial charge in [0.05, 0.1) is 0 Å². The molecule has 34 heavy (non-hydrogen) atoms. The number of pyridine rings is 1. The van der Waals surface area contributed by atoms with Gasteiger partial charge in [-0.2, -0.15) is 26.9 Å². The summed E-state index contributed by atoms with van der Waals surface area (Å²) in [6, 6.07) is 2.65. The van der Waals surface area contributed by atoms with Gasteiger partial charge in [-0.3, -0.25) is 0 Å². The second-order valence-electron chi connectivity index (χ2n) is 9.72. The van der Waals surface area contributed by atoms with Crippen LogP contribution in [0.25, 0.3) is 5.65 Å². The van der Waals surface area contributed by atoms with Gasteiger partial charge < -0.3 is 19.7 Å². The molecule has 8 nitrogen and oxygen atoms in total. The molecule has 4 rings (SSSR count). The van der Waals surface area contributed by atoms with Crippen molar-refractivity contribution in [1.29, 1.82) is 0 Å². The van der Waals surface area contributed by atoms with Gasteiger partial charge in [0, 0.05) is 25.3 Å². The molecule has 2 aromatic rings. The van der Waals surface area contributed by atoms with Crippen LogP contribution in [0.15, 0.2) is 18.3 Å². The van der Waals surface area contributed by atoms with E-state index in [4.69, 9.17) is 9.47 Å². The number of fused-ring (bicyclic) bond motifs is 3. The highest BCUT2D eigenvalue weighted by Gasteiger charge is 2.58. The Hall–Kier alpha value is -2.86. The molecule has 188 valence electrons. The van der Waals surface area contributed by atoms with E-state index in [1.807, 2.05) is 20.8 Å². The maximum Gasteiger partial charge on any atom is 0.456 e. The van der Waals surface area contributed by atoms with E-state index in [-0.39, 0.29) is 41.3 Å². The monoisotopic (exact) mass is 491 g/mol. The Bertz CT molecular complexity index is 1040. The highest BCUT2D eigenvalue weighted by Crippen LogP contribution is 2.39. The number of nitrogens with one attached hydrogen (secondary N) is 1. The molecule has 13 heteroatoms. The summed E-state index contributed by atoms with van der Waals surface area (Å²) in [7, 11) is 0. The third-order valence-electron chi connectivity index (χ3n) is 5.93. The number of amides is 1. The van der Waals surface area contributed by atoms with Gasteiger partial charge in [-0.05, 0) is 57.6 Å². The first kappa shape index (κ1) is 24.3. The topological polar surface area (TPSA) is 81.0 Å². The highest BCUT2D eigenvalue weighted by atomic mass is 19.4. The lowest BCUT2D eigenvalue weighted by Gasteiger charge is -2.38. The summed E-state index contributed by atoms with van der Waals surface area (Å²) in [6.45, 7) is 4.59. The number of hydrogen-bond acceptors (Lipinski definition) is 6. The number of carbonyl (C=O) groups is 1. The maximum atomic E-state index is 13.3. The predicted octanol–water partition coefficient (Wildman–Crippen LogP) is 4.36. The second kappa shape index (κ2) is 8.42. The van der Waals surface area contributed by atoms with Crippen molar-refractivity contribution in [2.24, 2.45) is 11.8 Å². The number of ether oxygens (including phenoxy) is 2. The molecule has 1 saturated carbocycles. The van der Waals surface area contributed by atoms with Gasteiger partial charge >= 0.3 is 18.2 Å². The van der Waals surface area contributed by atoms with Gasteiger partial charge in [0.25, 0.3) is 0 Å². The number of alkyl halides is 5. The van der Waals surface area contributed by atoms with Gasteiger partial charge in [0.1, 0.15) is 5.60 Å². The second-order valence-corrected chi connectivity index (χ2v) is 9.72. The van der Waals surface area contributed by atoms with Gasteiger partial charge in [-0.15, -0.1) is 5.10 Å². The standard InChI is InChI=1S/C21H26F5N5O3/c1-19(2,3)34-18(32)30-9-12-6-7-13(10-30)15(12)27-17-28-16-14(5-4-8-31(16)29-17)33-11-20(22,23)21(24,25)26/h4-5,8,12-13,15H,6-7,9-11H2,1-3H3,(H,27,29)/t12-,13?,15-/m0/s1. The van der Waals surface area contributed by atoms with Crippen molar-refractivity contribution >= 4 is 17.7 Å². The molecular formula is C21H26F5N5O3. The lowest BCUT2D eigenvalue weighted by Crippen LogP contribution is -2.51. The number of rotatable bonds is 5. The fourth-order valence-electron chi connectivity index (χ4n) is 4.39. The normalized spacial score (nSPS) is 23.3. The first-order valence-electron chi connectivity index (χ1n) is 10.9. The molecule has 2 bridgehead atoms. The predicted molar refractivity (Wildman–Crippen MR) is 111 cm³/mol. The zero-order valence-electron chi connectivity index (χ0n) is 18.9. The number of carbonyl (C=O) groups excluding carboxylic acids is 1.